The van der Waals surface area contributed by atoms with Crippen molar-refractivity contribution in [1.29, 1.82) is 0 Å². The van der Waals surface area contributed by atoms with Crippen molar-refractivity contribution in [3.05, 3.63) is 84.4 Å². The lowest BCUT2D eigenvalue weighted by molar-refractivity contribution is 1.49. The van der Waals surface area contributed by atoms with Crippen molar-refractivity contribution in [1.82, 2.24) is 0 Å². The molecule has 5 rings (SSSR count). The predicted octanol–water partition coefficient (Wildman–Crippen LogP) is 7.18. The van der Waals surface area contributed by atoms with E-state index in [1.54, 1.807) is 0 Å². The highest BCUT2D eigenvalue weighted by Crippen LogP contribution is 2.38. The first-order valence-electron chi connectivity index (χ1n) is 8.21. The molecule has 4 aromatic carbocycles. The number of aryl methyl sites for hydroxylation is 1. The van der Waals surface area contributed by atoms with Crippen LogP contribution in [0.25, 0.3) is 42.1 Å². The number of benzene rings is 4. The molecule has 0 atom stereocenters. The maximum Gasteiger partial charge on any atom is 0.0355 e. The van der Waals surface area contributed by atoms with E-state index in [1.165, 1.54) is 47.6 Å². The van der Waals surface area contributed by atoms with E-state index in [1.807, 2.05) is 11.3 Å². The highest BCUT2D eigenvalue weighted by atomic mass is 32.1. The van der Waals surface area contributed by atoms with Crippen LogP contribution in [0.15, 0.2) is 78.9 Å². The average molecular weight is 324 g/mol. The van der Waals surface area contributed by atoms with E-state index in [0.717, 1.165) is 0 Å². The smallest absolute Gasteiger partial charge is 0.0355 e. The van der Waals surface area contributed by atoms with Crippen molar-refractivity contribution in [2.75, 3.05) is 0 Å². The minimum atomic E-state index is 1.30. The molecule has 0 aliphatic heterocycles. The molecule has 0 saturated heterocycles. The Balaban J connectivity index is 1.87. The van der Waals surface area contributed by atoms with E-state index in [4.69, 9.17) is 0 Å². The molecule has 0 bridgehead atoms. The monoisotopic (exact) mass is 324 g/mol. The molecule has 0 radical (unpaired) electrons. The van der Waals surface area contributed by atoms with E-state index < -0.39 is 0 Å². The Kier molecular flexibility index (Phi) is 2.97. The molecule has 1 heterocycles. The Hall–Kier alpha value is -2.64. The van der Waals surface area contributed by atoms with Gasteiger partial charge in [-0.05, 0) is 52.6 Å². The molecule has 0 N–H and O–H groups in total. The van der Waals surface area contributed by atoms with E-state index in [-0.39, 0.29) is 0 Å². The number of fused-ring (bicyclic) bond motifs is 4. The molecule has 114 valence electrons. The van der Waals surface area contributed by atoms with Crippen LogP contribution in [0.3, 0.4) is 0 Å². The van der Waals surface area contributed by atoms with Crippen molar-refractivity contribution >= 4 is 42.3 Å². The predicted molar refractivity (Wildman–Crippen MR) is 107 cm³/mol. The third-order valence-corrected chi connectivity index (χ3v) is 5.95. The van der Waals surface area contributed by atoms with Crippen LogP contribution in [0, 0.1) is 6.92 Å². The lowest BCUT2D eigenvalue weighted by Gasteiger charge is -2.11. The summed E-state index contributed by atoms with van der Waals surface area (Å²) in [4.78, 5) is 0. The summed E-state index contributed by atoms with van der Waals surface area (Å²) in [5.74, 6) is 0. The molecule has 0 saturated carbocycles. The zero-order valence-electron chi connectivity index (χ0n) is 13.4. The Morgan fingerprint density at radius 3 is 2.29 bits per heavy atom. The highest BCUT2D eigenvalue weighted by Gasteiger charge is 2.10. The maximum atomic E-state index is 2.36. The first-order chi connectivity index (χ1) is 11.8. The molecule has 0 nitrogen and oxygen atoms in total. The normalized spacial score (nSPS) is 11.5. The van der Waals surface area contributed by atoms with Crippen molar-refractivity contribution in [3.8, 4) is 11.1 Å². The third kappa shape index (κ3) is 1.98. The second-order valence-corrected chi connectivity index (χ2v) is 7.37. The molecule has 0 aliphatic carbocycles. The van der Waals surface area contributed by atoms with E-state index >= 15 is 0 Å². The lowest BCUT2D eigenvalue weighted by atomic mass is 9.93. The molecule has 1 heteroatoms. The standard InChI is InChI=1S/C23H16S/c1-15-10-11-16-6-2-3-7-18(16)23(15)17-12-13-22-20(14-17)19-8-4-5-9-21(19)24-22/h2-14H,1H3. The first-order valence-corrected chi connectivity index (χ1v) is 9.03. The van der Waals surface area contributed by atoms with Crippen LogP contribution in [0.1, 0.15) is 5.56 Å². The topological polar surface area (TPSA) is 0 Å². The van der Waals surface area contributed by atoms with Crippen molar-refractivity contribution in [2.45, 2.75) is 6.92 Å². The van der Waals surface area contributed by atoms with Gasteiger partial charge in [0.05, 0.1) is 0 Å². The fraction of sp³-hybridized carbons (Fsp3) is 0.0435. The van der Waals surface area contributed by atoms with Crippen LogP contribution in [0.2, 0.25) is 0 Å². The van der Waals surface area contributed by atoms with Crippen molar-refractivity contribution in [3.63, 3.8) is 0 Å². The van der Waals surface area contributed by atoms with Gasteiger partial charge in [-0.15, -0.1) is 11.3 Å². The Bertz CT molecular complexity index is 1210. The van der Waals surface area contributed by atoms with Crippen LogP contribution in [0.5, 0.6) is 0 Å². The summed E-state index contributed by atoms with van der Waals surface area (Å²) < 4.78 is 2.72. The fourth-order valence-corrected chi connectivity index (χ4v) is 4.73. The van der Waals surface area contributed by atoms with Gasteiger partial charge in [-0.2, -0.15) is 0 Å². The molecule has 0 amide bonds. The van der Waals surface area contributed by atoms with Gasteiger partial charge in [0.1, 0.15) is 0 Å². The number of hydrogen-bond acceptors (Lipinski definition) is 1. The molecular formula is C23H16S. The van der Waals surface area contributed by atoms with Crippen LogP contribution in [-0.4, -0.2) is 0 Å². The van der Waals surface area contributed by atoms with Crippen LogP contribution >= 0.6 is 11.3 Å². The minimum Gasteiger partial charge on any atom is -0.135 e. The summed E-state index contributed by atoms with van der Waals surface area (Å²) in [6.07, 6.45) is 0. The van der Waals surface area contributed by atoms with Gasteiger partial charge in [-0.1, -0.05) is 60.7 Å². The Morgan fingerprint density at radius 2 is 1.38 bits per heavy atom. The van der Waals surface area contributed by atoms with Gasteiger partial charge in [-0.3, -0.25) is 0 Å². The van der Waals surface area contributed by atoms with E-state index in [9.17, 15) is 0 Å². The van der Waals surface area contributed by atoms with Crippen molar-refractivity contribution in [2.24, 2.45) is 0 Å². The van der Waals surface area contributed by atoms with E-state index in [2.05, 4.69) is 85.8 Å². The molecule has 0 aliphatic rings. The number of rotatable bonds is 1. The van der Waals surface area contributed by atoms with Crippen LogP contribution in [-0.2, 0) is 0 Å². The third-order valence-electron chi connectivity index (χ3n) is 4.80. The summed E-state index contributed by atoms with van der Waals surface area (Å²) >= 11 is 1.87. The molecule has 1 aromatic heterocycles. The molecule has 0 spiro atoms. The summed E-state index contributed by atoms with van der Waals surface area (Å²) in [5.41, 5.74) is 3.98. The second kappa shape index (κ2) is 5.19. The molecule has 24 heavy (non-hydrogen) atoms. The number of thiophene rings is 1. The quantitative estimate of drug-likeness (QED) is 0.306. The first kappa shape index (κ1) is 13.8. The highest BCUT2D eigenvalue weighted by molar-refractivity contribution is 7.25. The van der Waals surface area contributed by atoms with Gasteiger partial charge < -0.3 is 0 Å². The largest absolute Gasteiger partial charge is 0.135 e. The minimum absolute atomic E-state index is 1.30. The van der Waals surface area contributed by atoms with Crippen molar-refractivity contribution < 1.29 is 0 Å². The van der Waals surface area contributed by atoms with Crippen LogP contribution < -0.4 is 0 Å². The van der Waals surface area contributed by atoms with Gasteiger partial charge in [0.25, 0.3) is 0 Å². The van der Waals surface area contributed by atoms with Crippen LogP contribution in [0.4, 0.5) is 0 Å². The fourth-order valence-electron chi connectivity index (χ4n) is 3.65. The van der Waals surface area contributed by atoms with E-state index in [0.29, 0.717) is 0 Å². The zero-order chi connectivity index (χ0) is 16.1. The molecular weight excluding hydrogens is 308 g/mol. The molecule has 5 aromatic rings. The summed E-state index contributed by atoms with van der Waals surface area (Å²) in [5, 5.41) is 5.35. The SMILES string of the molecule is Cc1ccc2ccccc2c1-c1ccc2sc3ccccc3c2c1. The summed E-state index contributed by atoms with van der Waals surface area (Å²) in [6.45, 7) is 2.21. The van der Waals surface area contributed by atoms with Gasteiger partial charge in [0.2, 0.25) is 0 Å². The molecule has 0 fully saturated rings. The number of hydrogen-bond donors (Lipinski definition) is 0. The maximum absolute atomic E-state index is 2.36. The van der Waals surface area contributed by atoms with Gasteiger partial charge >= 0.3 is 0 Å². The van der Waals surface area contributed by atoms with Gasteiger partial charge in [0, 0.05) is 20.2 Å². The lowest BCUT2D eigenvalue weighted by Crippen LogP contribution is -1.86. The average Bonchev–Trinajstić information content (AvgIpc) is 2.99. The summed E-state index contributed by atoms with van der Waals surface area (Å²) in [7, 11) is 0. The zero-order valence-corrected chi connectivity index (χ0v) is 14.2. The molecule has 0 unspecified atom stereocenters. The Morgan fingerprint density at radius 1 is 0.625 bits per heavy atom. The Labute approximate surface area is 145 Å². The van der Waals surface area contributed by atoms with Gasteiger partial charge in [-0.25, -0.2) is 0 Å². The van der Waals surface area contributed by atoms with Gasteiger partial charge in [0.15, 0.2) is 0 Å². The second-order valence-electron chi connectivity index (χ2n) is 6.29. The summed E-state index contributed by atoms with van der Waals surface area (Å²) in [6, 6.07) is 28.7.